The Bertz CT molecular complexity index is 1240. The van der Waals surface area contributed by atoms with Crippen molar-refractivity contribution in [2.45, 2.75) is 25.9 Å². The number of pyridine rings is 1. The van der Waals surface area contributed by atoms with Crippen molar-refractivity contribution in [1.29, 1.82) is 5.26 Å². The Hall–Kier alpha value is -3.22. The number of hydrogen-bond acceptors (Lipinski definition) is 6. The Balaban J connectivity index is 1.62. The largest absolute Gasteiger partial charge is 0.376 e. The van der Waals surface area contributed by atoms with Crippen LogP contribution in [-0.2, 0) is 4.74 Å². The summed E-state index contributed by atoms with van der Waals surface area (Å²) in [5, 5.41) is 13.5. The molecule has 1 aliphatic heterocycles. The van der Waals surface area contributed by atoms with Crippen molar-refractivity contribution in [3.63, 3.8) is 0 Å². The molecule has 1 atom stereocenters. The quantitative estimate of drug-likeness (QED) is 0.427. The van der Waals surface area contributed by atoms with Crippen LogP contribution >= 0.6 is 12.2 Å². The first kappa shape index (κ1) is 19.1. The molecule has 0 spiro atoms. The minimum atomic E-state index is -0.252. The Kier molecular flexibility index (Phi) is 5.29. The molecule has 8 nitrogen and oxygen atoms in total. The molecule has 1 aromatic carbocycles. The minimum absolute atomic E-state index is 0.171. The fourth-order valence-electron chi connectivity index (χ4n) is 3.52. The van der Waals surface area contributed by atoms with Crippen LogP contribution in [-0.4, -0.2) is 33.8 Å². The molecular weight excluding hydrogens is 388 g/mol. The van der Waals surface area contributed by atoms with E-state index in [9.17, 15) is 10.1 Å². The van der Waals surface area contributed by atoms with E-state index in [1.165, 1.54) is 10.6 Å². The number of para-hydroxylation sites is 2. The van der Waals surface area contributed by atoms with Gasteiger partial charge in [-0.05, 0) is 49.7 Å². The highest BCUT2D eigenvalue weighted by Crippen LogP contribution is 2.17. The number of hydrogen-bond donors (Lipinski definition) is 3. The van der Waals surface area contributed by atoms with E-state index in [2.05, 4.69) is 27.2 Å². The molecule has 148 valence electrons. The number of rotatable bonds is 4. The SMILES string of the molecule is Cc1c(C#N)c2nc3ccccc3n2c(=O)c1=CNNC(=S)NC[C@@H]1CCCO1. The van der Waals surface area contributed by atoms with Crippen LogP contribution in [0.15, 0.2) is 29.1 Å². The summed E-state index contributed by atoms with van der Waals surface area (Å²) in [6.45, 7) is 3.16. The number of fused-ring (bicyclic) bond motifs is 3. The van der Waals surface area contributed by atoms with Gasteiger partial charge in [0.25, 0.3) is 5.56 Å². The number of thiocarbonyl (C=S) groups is 1. The maximum atomic E-state index is 13.1. The molecule has 9 heteroatoms. The zero-order valence-corrected chi connectivity index (χ0v) is 16.7. The maximum absolute atomic E-state index is 13.1. The molecule has 3 N–H and O–H groups in total. The van der Waals surface area contributed by atoms with Crippen molar-refractivity contribution in [1.82, 2.24) is 25.6 Å². The number of hydrazine groups is 1. The standard InChI is InChI=1S/C20H20N6O2S/c1-12-14(9-21)18-24-16-6-2-3-7-17(16)26(18)19(27)15(12)11-23-25-20(29)22-10-13-5-4-8-28-13/h2-3,6-7,11,13,23H,4-5,8,10H2,1H3,(H2,22,25,29)/t13-/m0/s1. The van der Waals surface area contributed by atoms with Crippen molar-refractivity contribution < 1.29 is 4.74 Å². The fourth-order valence-corrected chi connectivity index (χ4v) is 3.66. The zero-order chi connectivity index (χ0) is 20.4. The van der Waals surface area contributed by atoms with Crippen LogP contribution in [0.3, 0.4) is 0 Å². The van der Waals surface area contributed by atoms with E-state index in [1.54, 1.807) is 6.92 Å². The first-order chi connectivity index (χ1) is 14.1. The lowest BCUT2D eigenvalue weighted by Gasteiger charge is -2.13. The molecule has 0 radical (unpaired) electrons. The van der Waals surface area contributed by atoms with Crippen LogP contribution in [0.25, 0.3) is 22.9 Å². The maximum Gasteiger partial charge on any atom is 0.265 e. The summed E-state index contributed by atoms with van der Waals surface area (Å²) >= 11 is 5.24. The van der Waals surface area contributed by atoms with Crippen LogP contribution in [0.4, 0.5) is 0 Å². The number of nitrogens with zero attached hydrogens (tertiary/aromatic N) is 3. The molecule has 1 aliphatic rings. The molecule has 3 aromatic rings. The van der Waals surface area contributed by atoms with E-state index < -0.39 is 0 Å². The third-order valence-corrected chi connectivity index (χ3v) is 5.27. The van der Waals surface area contributed by atoms with Gasteiger partial charge in [-0.25, -0.2) is 4.98 Å². The number of aromatic nitrogens is 2. The number of nitrogens with one attached hydrogen (secondary N) is 3. The van der Waals surface area contributed by atoms with Crippen LogP contribution in [0.5, 0.6) is 0 Å². The number of imidazole rings is 1. The topological polar surface area (TPSA) is 103 Å². The van der Waals surface area contributed by atoms with Gasteiger partial charge in [-0.2, -0.15) is 5.26 Å². The van der Waals surface area contributed by atoms with Crippen molar-refractivity contribution >= 4 is 40.2 Å². The number of nitriles is 1. The molecule has 4 rings (SSSR count). The summed E-state index contributed by atoms with van der Waals surface area (Å²) < 4.78 is 7.02. The average Bonchev–Trinajstić information content (AvgIpc) is 3.37. The molecule has 1 fully saturated rings. The van der Waals surface area contributed by atoms with Gasteiger partial charge in [-0.1, -0.05) is 12.1 Å². The minimum Gasteiger partial charge on any atom is -0.376 e. The van der Waals surface area contributed by atoms with E-state index in [0.717, 1.165) is 19.4 Å². The smallest absolute Gasteiger partial charge is 0.265 e. The molecule has 3 heterocycles. The van der Waals surface area contributed by atoms with Gasteiger partial charge in [0.15, 0.2) is 10.8 Å². The second kappa shape index (κ2) is 8.03. The highest BCUT2D eigenvalue weighted by molar-refractivity contribution is 7.80. The molecule has 1 saturated heterocycles. The van der Waals surface area contributed by atoms with Crippen molar-refractivity contribution in [2.24, 2.45) is 0 Å². The van der Waals surface area contributed by atoms with Gasteiger partial charge in [0.1, 0.15) is 6.07 Å². The Labute approximate surface area is 172 Å². The second-order valence-electron chi connectivity index (χ2n) is 6.85. The van der Waals surface area contributed by atoms with Gasteiger partial charge in [0.05, 0.1) is 27.9 Å². The second-order valence-corrected chi connectivity index (χ2v) is 7.26. The van der Waals surface area contributed by atoms with Gasteiger partial charge in [-0.3, -0.25) is 14.6 Å². The highest BCUT2D eigenvalue weighted by Gasteiger charge is 2.16. The van der Waals surface area contributed by atoms with E-state index in [1.807, 2.05) is 24.3 Å². The molecule has 29 heavy (non-hydrogen) atoms. The predicted octanol–water partition coefficient (Wildman–Crippen LogP) is 0.632. The van der Waals surface area contributed by atoms with Crippen molar-refractivity contribution in [2.75, 3.05) is 13.2 Å². The highest BCUT2D eigenvalue weighted by atomic mass is 32.1. The molecule has 0 amide bonds. The fraction of sp³-hybridized carbons (Fsp3) is 0.300. The van der Waals surface area contributed by atoms with E-state index in [4.69, 9.17) is 17.0 Å². The molecule has 0 unspecified atom stereocenters. The number of benzene rings is 1. The van der Waals surface area contributed by atoms with Crippen LogP contribution in [0, 0.1) is 18.3 Å². The molecule has 0 bridgehead atoms. The summed E-state index contributed by atoms with van der Waals surface area (Å²) in [4.78, 5) is 17.6. The Morgan fingerprint density at radius 2 is 2.31 bits per heavy atom. The monoisotopic (exact) mass is 408 g/mol. The van der Waals surface area contributed by atoms with E-state index in [-0.39, 0.29) is 11.7 Å². The van der Waals surface area contributed by atoms with Gasteiger partial charge in [0, 0.05) is 19.4 Å². The van der Waals surface area contributed by atoms with Gasteiger partial charge < -0.3 is 15.5 Å². The molecule has 0 aliphatic carbocycles. The van der Waals surface area contributed by atoms with Gasteiger partial charge >= 0.3 is 0 Å². The Morgan fingerprint density at radius 3 is 3.07 bits per heavy atom. The zero-order valence-electron chi connectivity index (χ0n) is 15.9. The third-order valence-electron chi connectivity index (χ3n) is 5.03. The van der Waals surface area contributed by atoms with E-state index in [0.29, 0.717) is 44.7 Å². The lowest BCUT2D eigenvalue weighted by Crippen LogP contribution is -2.45. The first-order valence-corrected chi connectivity index (χ1v) is 9.76. The lowest BCUT2D eigenvalue weighted by atomic mass is 10.1. The summed E-state index contributed by atoms with van der Waals surface area (Å²) in [6.07, 6.45) is 3.78. The molecule has 2 aromatic heterocycles. The van der Waals surface area contributed by atoms with Gasteiger partial charge in [-0.15, -0.1) is 0 Å². The summed E-state index contributed by atoms with van der Waals surface area (Å²) in [5.74, 6) is 0. The van der Waals surface area contributed by atoms with Gasteiger partial charge in [0.2, 0.25) is 0 Å². The summed E-state index contributed by atoms with van der Waals surface area (Å²) in [5.41, 5.74) is 8.08. The summed E-state index contributed by atoms with van der Waals surface area (Å²) in [6, 6.07) is 9.49. The first-order valence-electron chi connectivity index (χ1n) is 9.35. The number of ether oxygens (including phenoxy) is 1. The molecule has 0 saturated carbocycles. The van der Waals surface area contributed by atoms with Crippen LogP contribution in [0.1, 0.15) is 24.0 Å². The van der Waals surface area contributed by atoms with Crippen LogP contribution in [0.2, 0.25) is 0 Å². The predicted molar refractivity (Wildman–Crippen MR) is 114 cm³/mol. The van der Waals surface area contributed by atoms with E-state index >= 15 is 0 Å². The lowest BCUT2D eigenvalue weighted by molar-refractivity contribution is 0.114. The Morgan fingerprint density at radius 1 is 1.48 bits per heavy atom. The van der Waals surface area contributed by atoms with Crippen molar-refractivity contribution in [3.8, 4) is 6.07 Å². The average molecular weight is 408 g/mol. The third kappa shape index (κ3) is 3.60. The summed E-state index contributed by atoms with van der Waals surface area (Å²) in [7, 11) is 0. The van der Waals surface area contributed by atoms with Crippen molar-refractivity contribution in [3.05, 3.63) is 51.0 Å². The normalized spacial score (nSPS) is 16.8. The molecular formula is C20H20N6O2S. The van der Waals surface area contributed by atoms with Crippen LogP contribution < -0.4 is 26.9 Å².